The maximum atomic E-state index is 12.5. The lowest BCUT2D eigenvalue weighted by Gasteiger charge is -2.22. The van der Waals surface area contributed by atoms with Crippen molar-refractivity contribution < 1.29 is 9.59 Å². The van der Waals surface area contributed by atoms with E-state index in [4.69, 9.17) is 0 Å². The SMILES string of the molecule is Cc1ccc(C(=O)NC(C(=O)NCCC2=CCCCC2)C(C)C)cc1. The highest BCUT2D eigenvalue weighted by atomic mass is 16.2. The van der Waals surface area contributed by atoms with Gasteiger partial charge in [-0.05, 0) is 57.1 Å². The molecule has 1 aliphatic carbocycles. The number of amides is 2. The summed E-state index contributed by atoms with van der Waals surface area (Å²) in [6.07, 6.45) is 8.03. The molecular weight excluding hydrogens is 312 g/mol. The summed E-state index contributed by atoms with van der Waals surface area (Å²) in [6.45, 7) is 6.51. The number of benzene rings is 1. The normalized spacial score (nSPS) is 15.4. The molecular formula is C21H30N2O2. The van der Waals surface area contributed by atoms with Gasteiger partial charge in [-0.25, -0.2) is 0 Å². The van der Waals surface area contributed by atoms with Crippen molar-refractivity contribution in [1.82, 2.24) is 10.6 Å². The number of allylic oxidation sites excluding steroid dienone is 1. The highest BCUT2D eigenvalue weighted by Crippen LogP contribution is 2.19. The minimum atomic E-state index is -0.519. The minimum Gasteiger partial charge on any atom is -0.354 e. The summed E-state index contributed by atoms with van der Waals surface area (Å²) in [7, 11) is 0. The molecule has 0 spiro atoms. The van der Waals surface area contributed by atoms with Crippen LogP contribution in [0, 0.1) is 12.8 Å². The largest absolute Gasteiger partial charge is 0.354 e. The molecule has 0 radical (unpaired) electrons. The lowest BCUT2D eigenvalue weighted by Crippen LogP contribution is -2.49. The predicted octanol–water partition coefficient (Wildman–Crippen LogP) is 3.76. The Bertz CT molecular complexity index is 617. The molecule has 1 aromatic carbocycles. The Morgan fingerprint density at radius 3 is 2.44 bits per heavy atom. The van der Waals surface area contributed by atoms with E-state index in [0.717, 1.165) is 24.8 Å². The number of nitrogens with one attached hydrogen (secondary N) is 2. The van der Waals surface area contributed by atoms with Gasteiger partial charge < -0.3 is 10.6 Å². The fraction of sp³-hybridized carbons (Fsp3) is 0.524. The van der Waals surface area contributed by atoms with Crippen LogP contribution < -0.4 is 10.6 Å². The fourth-order valence-corrected chi connectivity index (χ4v) is 3.05. The molecule has 0 bridgehead atoms. The number of carbonyl (C=O) groups is 2. The molecule has 2 N–H and O–H groups in total. The van der Waals surface area contributed by atoms with Crippen LogP contribution in [0.3, 0.4) is 0 Å². The molecule has 136 valence electrons. The summed E-state index contributed by atoms with van der Waals surface area (Å²) in [4.78, 5) is 24.9. The molecule has 2 rings (SSSR count). The first-order valence-corrected chi connectivity index (χ1v) is 9.30. The van der Waals surface area contributed by atoms with Crippen LogP contribution in [-0.4, -0.2) is 24.4 Å². The van der Waals surface area contributed by atoms with Crippen molar-refractivity contribution in [3.63, 3.8) is 0 Å². The molecule has 1 atom stereocenters. The van der Waals surface area contributed by atoms with Gasteiger partial charge in [-0.15, -0.1) is 0 Å². The summed E-state index contributed by atoms with van der Waals surface area (Å²) in [5, 5.41) is 5.86. The molecule has 0 heterocycles. The molecule has 1 unspecified atom stereocenters. The van der Waals surface area contributed by atoms with Gasteiger partial charge in [0.15, 0.2) is 0 Å². The van der Waals surface area contributed by atoms with E-state index in [-0.39, 0.29) is 17.7 Å². The maximum Gasteiger partial charge on any atom is 0.251 e. The van der Waals surface area contributed by atoms with Gasteiger partial charge in [0.2, 0.25) is 5.91 Å². The van der Waals surface area contributed by atoms with E-state index < -0.39 is 6.04 Å². The number of hydrogen-bond donors (Lipinski definition) is 2. The Balaban J connectivity index is 1.87. The first-order chi connectivity index (χ1) is 12.0. The Morgan fingerprint density at radius 1 is 1.12 bits per heavy atom. The second-order valence-corrected chi connectivity index (χ2v) is 7.21. The van der Waals surface area contributed by atoms with Crippen LogP contribution in [0.25, 0.3) is 0 Å². The highest BCUT2D eigenvalue weighted by molar-refractivity contribution is 5.97. The van der Waals surface area contributed by atoms with Gasteiger partial charge in [0.25, 0.3) is 5.91 Å². The standard InChI is InChI=1S/C21H30N2O2/c1-15(2)19(23-20(24)18-11-9-16(3)10-12-18)21(25)22-14-13-17-7-5-4-6-8-17/h7,9-12,15,19H,4-6,8,13-14H2,1-3H3,(H,22,25)(H,23,24). The van der Waals surface area contributed by atoms with Crippen molar-refractivity contribution in [3.05, 3.63) is 47.0 Å². The van der Waals surface area contributed by atoms with E-state index in [9.17, 15) is 9.59 Å². The summed E-state index contributed by atoms with van der Waals surface area (Å²) in [6, 6.07) is 6.86. The first-order valence-electron chi connectivity index (χ1n) is 9.30. The molecule has 0 fully saturated rings. The van der Waals surface area contributed by atoms with Gasteiger partial charge in [0.1, 0.15) is 6.04 Å². The molecule has 25 heavy (non-hydrogen) atoms. The maximum absolute atomic E-state index is 12.5. The Hall–Kier alpha value is -2.10. The number of carbonyl (C=O) groups excluding carboxylic acids is 2. The van der Waals surface area contributed by atoms with Crippen LogP contribution in [0.5, 0.6) is 0 Å². The van der Waals surface area contributed by atoms with Gasteiger partial charge in [-0.2, -0.15) is 0 Å². The zero-order valence-electron chi connectivity index (χ0n) is 15.6. The first kappa shape index (κ1) is 19.2. The minimum absolute atomic E-state index is 0.0308. The van der Waals surface area contributed by atoms with Gasteiger partial charge in [0, 0.05) is 12.1 Å². The number of aryl methyl sites for hydroxylation is 1. The van der Waals surface area contributed by atoms with E-state index in [1.165, 1.54) is 18.4 Å². The lowest BCUT2D eigenvalue weighted by molar-refractivity contribution is -0.123. The van der Waals surface area contributed by atoms with Crippen LogP contribution in [0.15, 0.2) is 35.9 Å². The van der Waals surface area contributed by atoms with Crippen molar-refractivity contribution in [3.8, 4) is 0 Å². The van der Waals surface area contributed by atoms with Crippen LogP contribution in [0.2, 0.25) is 0 Å². The summed E-state index contributed by atoms with van der Waals surface area (Å²) < 4.78 is 0. The zero-order chi connectivity index (χ0) is 18.2. The quantitative estimate of drug-likeness (QED) is 0.741. The monoisotopic (exact) mass is 342 g/mol. The number of rotatable bonds is 7. The third-order valence-electron chi connectivity index (χ3n) is 4.68. The predicted molar refractivity (Wildman–Crippen MR) is 101 cm³/mol. The van der Waals surface area contributed by atoms with Gasteiger partial charge in [-0.3, -0.25) is 9.59 Å². The van der Waals surface area contributed by atoms with Gasteiger partial charge in [0.05, 0.1) is 0 Å². The van der Waals surface area contributed by atoms with E-state index in [0.29, 0.717) is 12.1 Å². The van der Waals surface area contributed by atoms with Crippen molar-refractivity contribution in [1.29, 1.82) is 0 Å². The van der Waals surface area contributed by atoms with Crippen LogP contribution >= 0.6 is 0 Å². The topological polar surface area (TPSA) is 58.2 Å². The average Bonchev–Trinajstić information content (AvgIpc) is 2.60. The number of hydrogen-bond acceptors (Lipinski definition) is 2. The van der Waals surface area contributed by atoms with E-state index >= 15 is 0 Å². The summed E-state index contributed by atoms with van der Waals surface area (Å²) in [5.74, 6) is -0.279. The molecule has 0 aliphatic heterocycles. The second kappa shape index (κ2) is 9.40. The molecule has 4 nitrogen and oxygen atoms in total. The summed E-state index contributed by atoms with van der Waals surface area (Å²) in [5.41, 5.74) is 3.12. The molecule has 0 saturated carbocycles. The Kier molecular flexibility index (Phi) is 7.23. The van der Waals surface area contributed by atoms with Crippen LogP contribution in [0.4, 0.5) is 0 Å². The van der Waals surface area contributed by atoms with Crippen LogP contribution in [-0.2, 0) is 4.79 Å². The van der Waals surface area contributed by atoms with Crippen molar-refractivity contribution in [2.75, 3.05) is 6.54 Å². The smallest absolute Gasteiger partial charge is 0.251 e. The summed E-state index contributed by atoms with van der Waals surface area (Å²) >= 11 is 0. The van der Waals surface area contributed by atoms with Crippen molar-refractivity contribution >= 4 is 11.8 Å². The average molecular weight is 342 g/mol. The molecule has 0 aromatic heterocycles. The molecule has 2 amide bonds. The van der Waals surface area contributed by atoms with Crippen molar-refractivity contribution in [2.24, 2.45) is 5.92 Å². The van der Waals surface area contributed by atoms with Gasteiger partial charge in [-0.1, -0.05) is 43.2 Å². The van der Waals surface area contributed by atoms with Gasteiger partial charge >= 0.3 is 0 Å². The Morgan fingerprint density at radius 2 is 1.84 bits per heavy atom. The second-order valence-electron chi connectivity index (χ2n) is 7.21. The Labute approximate surface area is 151 Å². The fourth-order valence-electron chi connectivity index (χ4n) is 3.05. The molecule has 1 aliphatic rings. The van der Waals surface area contributed by atoms with E-state index in [1.807, 2.05) is 32.9 Å². The molecule has 1 aromatic rings. The van der Waals surface area contributed by atoms with Crippen LogP contribution in [0.1, 0.15) is 61.9 Å². The molecule has 0 saturated heterocycles. The van der Waals surface area contributed by atoms with E-state index in [1.54, 1.807) is 12.1 Å². The zero-order valence-corrected chi connectivity index (χ0v) is 15.6. The van der Waals surface area contributed by atoms with Crippen molar-refractivity contribution in [2.45, 2.75) is 58.9 Å². The van der Waals surface area contributed by atoms with E-state index in [2.05, 4.69) is 16.7 Å². The lowest BCUT2D eigenvalue weighted by atomic mass is 9.97. The third-order valence-corrected chi connectivity index (χ3v) is 4.68. The third kappa shape index (κ3) is 6.04. The highest BCUT2D eigenvalue weighted by Gasteiger charge is 2.24. The molecule has 4 heteroatoms.